The van der Waals surface area contributed by atoms with Crippen molar-refractivity contribution in [3.63, 3.8) is 0 Å². The minimum absolute atomic E-state index is 0.109. The van der Waals surface area contributed by atoms with Gasteiger partial charge < -0.3 is 5.73 Å². The zero-order valence-electron chi connectivity index (χ0n) is 9.38. The molecule has 0 fully saturated rings. The van der Waals surface area contributed by atoms with Crippen molar-refractivity contribution < 1.29 is 9.18 Å². The lowest BCUT2D eigenvalue weighted by Gasteiger charge is -2.08. The van der Waals surface area contributed by atoms with E-state index in [0.717, 1.165) is 4.47 Å². The Balaban J connectivity index is 2.53. The molecule has 0 aliphatic rings. The molecular formula is C13H7Br2ClFNO. The van der Waals surface area contributed by atoms with Crippen LogP contribution in [-0.2, 0) is 0 Å². The van der Waals surface area contributed by atoms with Crippen LogP contribution in [0.1, 0.15) is 15.9 Å². The minimum atomic E-state index is -0.761. The molecule has 0 aromatic heterocycles. The van der Waals surface area contributed by atoms with E-state index in [1.807, 2.05) is 0 Å². The Hall–Kier alpha value is -0.910. The first kappa shape index (κ1) is 14.5. The van der Waals surface area contributed by atoms with Gasteiger partial charge >= 0.3 is 0 Å². The largest absolute Gasteiger partial charge is 0.398 e. The maximum Gasteiger partial charge on any atom is 0.198 e. The minimum Gasteiger partial charge on any atom is -0.398 e. The van der Waals surface area contributed by atoms with Gasteiger partial charge in [-0.25, -0.2) is 4.39 Å². The number of hydrogen-bond donors (Lipinski definition) is 1. The summed E-state index contributed by atoms with van der Waals surface area (Å²) in [5, 5.41) is -0.124. The third-order valence-electron chi connectivity index (χ3n) is 2.54. The topological polar surface area (TPSA) is 43.1 Å². The van der Waals surface area contributed by atoms with Crippen LogP contribution in [0.4, 0.5) is 10.1 Å². The number of nitrogen functional groups attached to an aromatic ring is 1. The summed E-state index contributed by atoms with van der Waals surface area (Å²) >= 11 is 12.1. The Morgan fingerprint density at radius 1 is 1.16 bits per heavy atom. The first-order chi connectivity index (χ1) is 8.91. The van der Waals surface area contributed by atoms with Gasteiger partial charge in [-0.05, 0) is 46.3 Å². The lowest BCUT2D eigenvalue weighted by Crippen LogP contribution is -2.08. The standard InChI is InChI=1S/C13H7Br2ClFNO/c14-6-1-2-7(10(18)5-6)13(19)8-3-4-9(15)11(16)12(8)17/h1-5H,18H2. The molecule has 0 unspecified atom stereocenters. The average molecular weight is 407 g/mol. The van der Waals surface area contributed by atoms with Gasteiger partial charge in [-0.15, -0.1) is 0 Å². The first-order valence-corrected chi connectivity index (χ1v) is 7.11. The summed E-state index contributed by atoms with van der Waals surface area (Å²) in [4.78, 5) is 12.3. The Bertz CT molecular complexity index is 676. The highest BCUT2D eigenvalue weighted by Gasteiger charge is 2.19. The molecule has 0 amide bonds. The van der Waals surface area contributed by atoms with E-state index in [0.29, 0.717) is 4.47 Å². The SMILES string of the molecule is Nc1cc(Br)ccc1C(=O)c1ccc(Br)c(Cl)c1F. The number of hydrogen-bond acceptors (Lipinski definition) is 2. The number of carbonyl (C=O) groups is 1. The van der Waals surface area contributed by atoms with Gasteiger partial charge in [0.2, 0.25) is 0 Å². The lowest BCUT2D eigenvalue weighted by atomic mass is 10.0. The Kier molecular flexibility index (Phi) is 4.28. The van der Waals surface area contributed by atoms with Crippen molar-refractivity contribution in [1.82, 2.24) is 0 Å². The van der Waals surface area contributed by atoms with Crippen LogP contribution in [0.2, 0.25) is 5.02 Å². The van der Waals surface area contributed by atoms with E-state index in [9.17, 15) is 9.18 Å². The molecule has 0 aliphatic heterocycles. The molecule has 0 aliphatic carbocycles. The molecule has 2 aromatic carbocycles. The molecule has 0 radical (unpaired) electrons. The predicted molar refractivity (Wildman–Crippen MR) is 81.1 cm³/mol. The van der Waals surface area contributed by atoms with E-state index < -0.39 is 11.6 Å². The number of benzene rings is 2. The van der Waals surface area contributed by atoms with Crippen molar-refractivity contribution in [2.75, 3.05) is 5.73 Å². The van der Waals surface area contributed by atoms with Gasteiger partial charge in [-0.3, -0.25) is 4.79 Å². The number of anilines is 1. The van der Waals surface area contributed by atoms with Gasteiger partial charge in [0.25, 0.3) is 0 Å². The number of carbonyl (C=O) groups excluding carboxylic acids is 1. The van der Waals surface area contributed by atoms with Gasteiger partial charge in [0.15, 0.2) is 11.6 Å². The third-order valence-corrected chi connectivity index (χ3v) is 4.29. The van der Waals surface area contributed by atoms with Crippen LogP contribution < -0.4 is 5.73 Å². The van der Waals surface area contributed by atoms with Crippen LogP contribution in [0.5, 0.6) is 0 Å². The van der Waals surface area contributed by atoms with Gasteiger partial charge in [0, 0.05) is 20.2 Å². The fraction of sp³-hybridized carbons (Fsp3) is 0. The molecular weight excluding hydrogens is 400 g/mol. The summed E-state index contributed by atoms with van der Waals surface area (Å²) in [6.45, 7) is 0. The highest BCUT2D eigenvalue weighted by Crippen LogP contribution is 2.30. The van der Waals surface area contributed by atoms with E-state index in [4.69, 9.17) is 17.3 Å². The van der Waals surface area contributed by atoms with Crippen molar-refractivity contribution in [2.24, 2.45) is 0 Å². The highest BCUT2D eigenvalue weighted by molar-refractivity contribution is 9.10. The van der Waals surface area contributed by atoms with E-state index in [1.54, 1.807) is 12.1 Å². The van der Waals surface area contributed by atoms with Crippen LogP contribution in [0.25, 0.3) is 0 Å². The van der Waals surface area contributed by atoms with Crippen LogP contribution in [0.3, 0.4) is 0 Å². The monoisotopic (exact) mass is 405 g/mol. The molecule has 0 saturated heterocycles. The number of halogens is 4. The van der Waals surface area contributed by atoms with Gasteiger partial charge in [0.05, 0.1) is 10.6 Å². The molecule has 98 valence electrons. The number of rotatable bonds is 2. The summed E-state index contributed by atoms with van der Waals surface area (Å²) in [6, 6.07) is 7.69. The van der Waals surface area contributed by atoms with Crippen LogP contribution in [0.15, 0.2) is 39.3 Å². The van der Waals surface area contributed by atoms with Gasteiger partial charge in [-0.1, -0.05) is 27.5 Å². The second kappa shape index (κ2) is 5.61. The predicted octanol–water partition coefficient (Wildman–Crippen LogP) is 4.82. The van der Waals surface area contributed by atoms with Gasteiger partial charge in [-0.2, -0.15) is 0 Å². The molecule has 2 N–H and O–H groups in total. The van der Waals surface area contributed by atoms with Crippen LogP contribution in [-0.4, -0.2) is 5.78 Å². The van der Waals surface area contributed by atoms with E-state index in [2.05, 4.69) is 31.9 Å². The Morgan fingerprint density at radius 3 is 2.42 bits per heavy atom. The van der Waals surface area contributed by atoms with Crippen molar-refractivity contribution in [1.29, 1.82) is 0 Å². The summed E-state index contributed by atoms with van der Waals surface area (Å²) < 4.78 is 15.1. The van der Waals surface area contributed by atoms with E-state index >= 15 is 0 Å². The molecule has 0 bridgehead atoms. The van der Waals surface area contributed by atoms with Crippen LogP contribution in [0, 0.1) is 5.82 Å². The summed E-state index contributed by atoms with van der Waals surface area (Å²) in [5.74, 6) is -1.26. The maximum absolute atomic E-state index is 14.0. The molecule has 0 heterocycles. The van der Waals surface area contributed by atoms with Crippen molar-refractivity contribution >= 4 is 54.9 Å². The summed E-state index contributed by atoms with van der Waals surface area (Å²) in [5.41, 5.74) is 6.17. The van der Waals surface area contributed by atoms with Crippen molar-refractivity contribution in [2.45, 2.75) is 0 Å². The maximum atomic E-state index is 14.0. The van der Waals surface area contributed by atoms with Gasteiger partial charge in [0.1, 0.15) is 0 Å². The fourth-order valence-corrected chi connectivity index (χ4v) is 2.44. The normalized spacial score (nSPS) is 10.5. The van der Waals surface area contributed by atoms with Crippen molar-refractivity contribution in [3.8, 4) is 0 Å². The Labute approximate surface area is 131 Å². The van der Waals surface area contributed by atoms with Crippen molar-refractivity contribution in [3.05, 3.63) is 61.2 Å². The molecule has 0 atom stereocenters. The summed E-state index contributed by atoms with van der Waals surface area (Å²) in [7, 11) is 0. The smallest absolute Gasteiger partial charge is 0.198 e. The van der Waals surface area contributed by atoms with E-state index in [1.165, 1.54) is 18.2 Å². The summed E-state index contributed by atoms with van der Waals surface area (Å²) in [6.07, 6.45) is 0. The quantitative estimate of drug-likeness (QED) is 0.441. The first-order valence-electron chi connectivity index (χ1n) is 5.15. The van der Waals surface area contributed by atoms with Crippen LogP contribution >= 0.6 is 43.5 Å². The Morgan fingerprint density at radius 2 is 1.79 bits per heavy atom. The van der Waals surface area contributed by atoms with E-state index in [-0.39, 0.29) is 21.8 Å². The third kappa shape index (κ3) is 2.83. The molecule has 2 rings (SSSR count). The molecule has 0 saturated carbocycles. The lowest BCUT2D eigenvalue weighted by molar-refractivity contribution is 0.103. The second-order valence-corrected chi connectivity index (χ2v) is 5.93. The average Bonchev–Trinajstić information content (AvgIpc) is 2.35. The zero-order chi connectivity index (χ0) is 14.2. The number of nitrogens with two attached hydrogens (primary N) is 1. The molecule has 2 nitrogen and oxygen atoms in total. The fourth-order valence-electron chi connectivity index (χ4n) is 1.59. The molecule has 19 heavy (non-hydrogen) atoms. The second-order valence-electron chi connectivity index (χ2n) is 3.78. The number of ketones is 1. The highest BCUT2D eigenvalue weighted by atomic mass is 79.9. The molecule has 0 spiro atoms. The zero-order valence-corrected chi connectivity index (χ0v) is 13.3. The molecule has 2 aromatic rings. The molecule has 6 heteroatoms.